The van der Waals surface area contributed by atoms with Crippen molar-refractivity contribution in [2.45, 2.75) is 38.4 Å². The number of aromatic nitrogens is 3. The summed E-state index contributed by atoms with van der Waals surface area (Å²) in [6, 6.07) is 15.2. The van der Waals surface area contributed by atoms with Crippen LogP contribution in [0.2, 0.25) is 0 Å². The van der Waals surface area contributed by atoms with Crippen molar-refractivity contribution in [3.8, 4) is 23.1 Å². The number of aryl methyl sites for hydroxylation is 1. The van der Waals surface area contributed by atoms with Crippen LogP contribution in [0.1, 0.15) is 35.2 Å². The molecule has 0 saturated carbocycles. The van der Waals surface area contributed by atoms with Gasteiger partial charge in [0.25, 0.3) is 0 Å². The van der Waals surface area contributed by atoms with E-state index in [1.54, 1.807) is 19.2 Å². The van der Waals surface area contributed by atoms with Gasteiger partial charge < -0.3 is 24.6 Å². The first-order valence-electron chi connectivity index (χ1n) is 15.7. The van der Waals surface area contributed by atoms with E-state index in [1.165, 1.54) is 44.2 Å². The maximum atomic E-state index is 14.9. The molecule has 246 valence electrons. The first-order chi connectivity index (χ1) is 23.2. The molecule has 0 aliphatic carbocycles. The molecule has 2 unspecified atom stereocenters. The Kier molecular flexibility index (Phi) is 8.26. The van der Waals surface area contributed by atoms with Gasteiger partial charge in [0, 0.05) is 51.8 Å². The van der Waals surface area contributed by atoms with Crippen LogP contribution in [0.25, 0.3) is 43.9 Å². The van der Waals surface area contributed by atoms with Crippen molar-refractivity contribution in [3.63, 3.8) is 0 Å². The molecule has 2 atom stereocenters. The van der Waals surface area contributed by atoms with Gasteiger partial charge in [-0.15, -0.1) is 0 Å². The van der Waals surface area contributed by atoms with E-state index >= 15 is 0 Å². The summed E-state index contributed by atoms with van der Waals surface area (Å²) in [7, 11) is 1.38. The number of benzene rings is 3. The minimum atomic E-state index is -0.803. The van der Waals surface area contributed by atoms with Gasteiger partial charge >= 0.3 is 11.6 Å². The average Bonchev–Trinajstić information content (AvgIpc) is 3.80. The van der Waals surface area contributed by atoms with Crippen LogP contribution < -0.4 is 15.7 Å². The van der Waals surface area contributed by atoms with Crippen molar-refractivity contribution in [1.29, 1.82) is 0 Å². The van der Waals surface area contributed by atoms with E-state index in [1.807, 2.05) is 24.3 Å². The van der Waals surface area contributed by atoms with Crippen LogP contribution in [0.3, 0.4) is 0 Å². The number of carbonyl (C=O) groups excluding carboxylic acids is 1. The number of ether oxygens (including phenoxy) is 1. The standard InChI is InChI=1S/C29H21FN4O5.C7H12FN/c1-14-25-24(28(37)39-26(14)18-11-16(35)10-15-6-5-8-20(30)23(15)18)27(34-29(33-25)38-2)32-13-22(36)19-12-31-21-9-4-3-7-17(19)21;8-6-4-7-2-1-3-9(7)5-6/h3-12,31,35H,13H2,1-2H3,(H,32,33,34);6-7H,1-5H2. The van der Waals surface area contributed by atoms with E-state index in [9.17, 15) is 23.5 Å². The van der Waals surface area contributed by atoms with Crippen LogP contribution in [0.15, 0.2) is 70.0 Å². The van der Waals surface area contributed by atoms with Crippen LogP contribution in [0.5, 0.6) is 11.8 Å². The highest BCUT2D eigenvalue weighted by Crippen LogP contribution is 2.38. The molecule has 6 aromatic rings. The molecule has 2 fully saturated rings. The largest absolute Gasteiger partial charge is 0.508 e. The number of rotatable bonds is 6. The lowest BCUT2D eigenvalue weighted by molar-refractivity contribution is 0.101. The number of halogens is 2. The highest BCUT2D eigenvalue weighted by atomic mass is 19.1. The monoisotopic (exact) mass is 653 g/mol. The maximum Gasteiger partial charge on any atom is 0.349 e. The summed E-state index contributed by atoms with van der Waals surface area (Å²) < 4.78 is 38.5. The number of carbonyl (C=O) groups is 1. The lowest BCUT2D eigenvalue weighted by Crippen LogP contribution is -2.22. The summed E-state index contributed by atoms with van der Waals surface area (Å²) in [6.45, 7) is 3.35. The van der Waals surface area contributed by atoms with E-state index < -0.39 is 17.6 Å². The summed E-state index contributed by atoms with van der Waals surface area (Å²) in [5.41, 5.74) is 1.31. The van der Waals surface area contributed by atoms with E-state index in [0.717, 1.165) is 23.9 Å². The smallest absolute Gasteiger partial charge is 0.349 e. The van der Waals surface area contributed by atoms with Gasteiger partial charge in [-0.1, -0.05) is 30.3 Å². The molecule has 12 heteroatoms. The number of aromatic hydroxyl groups is 1. The molecular formula is C36H33F2N5O5. The predicted molar refractivity (Wildman–Crippen MR) is 179 cm³/mol. The molecule has 8 rings (SSSR count). The molecule has 3 aromatic heterocycles. The highest BCUT2D eigenvalue weighted by Gasteiger charge is 2.34. The highest BCUT2D eigenvalue weighted by molar-refractivity contribution is 6.10. The van der Waals surface area contributed by atoms with Crippen LogP contribution in [-0.4, -0.2) is 69.7 Å². The molecule has 10 nitrogen and oxygen atoms in total. The minimum absolute atomic E-state index is 0.00806. The second kappa shape index (κ2) is 12.7. The second-order valence-corrected chi connectivity index (χ2v) is 12.1. The number of anilines is 1. The fraction of sp³-hybridized carbons (Fsp3) is 0.278. The number of hydrogen-bond donors (Lipinski definition) is 3. The molecule has 2 saturated heterocycles. The molecular weight excluding hydrogens is 620 g/mol. The van der Waals surface area contributed by atoms with Gasteiger partial charge in [-0.25, -0.2) is 13.6 Å². The third-order valence-electron chi connectivity index (χ3n) is 9.09. The summed E-state index contributed by atoms with van der Waals surface area (Å²) in [6.07, 6.45) is 4.45. The fourth-order valence-corrected chi connectivity index (χ4v) is 6.84. The predicted octanol–water partition coefficient (Wildman–Crippen LogP) is 6.53. The Bertz CT molecular complexity index is 2240. The Labute approximate surface area is 273 Å². The van der Waals surface area contributed by atoms with Crippen molar-refractivity contribution < 1.29 is 27.8 Å². The number of aromatic amines is 1. The van der Waals surface area contributed by atoms with Crippen molar-refractivity contribution >= 4 is 44.2 Å². The number of phenolic OH excluding ortho intramolecular Hbond substituents is 1. The summed E-state index contributed by atoms with van der Waals surface area (Å²) in [5.74, 6) is -0.787. The van der Waals surface area contributed by atoms with E-state index in [-0.39, 0.29) is 57.5 Å². The number of fused-ring (bicyclic) bond motifs is 4. The zero-order chi connectivity index (χ0) is 33.5. The third-order valence-corrected chi connectivity index (χ3v) is 9.09. The van der Waals surface area contributed by atoms with Gasteiger partial charge in [0.1, 0.15) is 34.7 Å². The first kappa shape index (κ1) is 31.3. The lowest BCUT2D eigenvalue weighted by atomic mass is 9.98. The molecule has 0 amide bonds. The summed E-state index contributed by atoms with van der Waals surface area (Å²) in [5, 5.41) is 14.6. The number of alkyl halides is 1. The Morgan fingerprint density at radius 3 is 2.81 bits per heavy atom. The molecule has 2 aliphatic heterocycles. The first-order valence-corrected chi connectivity index (χ1v) is 15.7. The van der Waals surface area contributed by atoms with Crippen LogP contribution in [-0.2, 0) is 0 Å². The number of hydrogen-bond acceptors (Lipinski definition) is 9. The number of H-pyrrole nitrogens is 1. The topological polar surface area (TPSA) is 134 Å². The molecule has 2 aliphatic rings. The van der Waals surface area contributed by atoms with Gasteiger partial charge in [0.15, 0.2) is 5.78 Å². The Balaban J connectivity index is 0.000000347. The van der Waals surface area contributed by atoms with Gasteiger partial charge in [0.05, 0.1) is 19.2 Å². The Morgan fingerprint density at radius 2 is 2.00 bits per heavy atom. The number of methoxy groups -OCH3 is 1. The Morgan fingerprint density at radius 1 is 1.17 bits per heavy atom. The minimum Gasteiger partial charge on any atom is -0.508 e. The SMILES string of the molecule is COc1nc(NCC(=O)c2c[nH]c3ccccc23)c2c(=O)oc(-c3cc(O)cc4cccc(F)c34)c(C)c2n1.FC1CC2CCCN2C1. The number of phenols is 1. The van der Waals surface area contributed by atoms with Crippen LogP contribution in [0.4, 0.5) is 14.6 Å². The lowest BCUT2D eigenvalue weighted by Gasteiger charge is -2.14. The quantitative estimate of drug-likeness (QED) is 0.172. The summed E-state index contributed by atoms with van der Waals surface area (Å²) >= 11 is 0. The number of Topliss-reactive ketones (excluding diaryl/α,β-unsaturated/α-hetero) is 1. The average molecular weight is 654 g/mol. The zero-order valence-electron chi connectivity index (χ0n) is 26.3. The van der Waals surface area contributed by atoms with Crippen molar-refractivity contribution in [2.75, 3.05) is 32.1 Å². The number of ketones is 1. The molecule has 48 heavy (non-hydrogen) atoms. The normalized spacial score (nSPS) is 17.4. The second-order valence-electron chi connectivity index (χ2n) is 12.1. The molecule has 0 spiro atoms. The van der Waals surface area contributed by atoms with Gasteiger partial charge in [-0.3, -0.25) is 9.69 Å². The maximum absolute atomic E-state index is 14.9. The van der Waals surface area contributed by atoms with Crippen molar-refractivity contribution in [3.05, 3.63) is 88.2 Å². The van der Waals surface area contributed by atoms with Crippen molar-refractivity contribution in [2.24, 2.45) is 0 Å². The van der Waals surface area contributed by atoms with Gasteiger partial charge in [-0.2, -0.15) is 9.97 Å². The van der Waals surface area contributed by atoms with E-state index in [4.69, 9.17) is 9.15 Å². The molecule has 5 heterocycles. The van der Waals surface area contributed by atoms with E-state index in [2.05, 4.69) is 25.2 Å². The molecule has 3 N–H and O–H groups in total. The fourth-order valence-electron chi connectivity index (χ4n) is 6.84. The number of nitrogens with one attached hydrogen (secondary N) is 2. The summed E-state index contributed by atoms with van der Waals surface area (Å²) in [4.78, 5) is 40.3. The van der Waals surface area contributed by atoms with Crippen molar-refractivity contribution in [1.82, 2.24) is 19.9 Å². The zero-order valence-corrected chi connectivity index (χ0v) is 26.3. The molecule has 3 aromatic carbocycles. The van der Waals surface area contributed by atoms with Gasteiger partial charge in [-0.05, 0) is 62.4 Å². The third kappa shape index (κ3) is 5.72. The molecule has 0 bridgehead atoms. The van der Waals surface area contributed by atoms with Crippen LogP contribution in [0, 0.1) is 12.7 Å². The molecule has 0 radical (unpaired) electrons. The van der Waals surface area contributed by atoms with Crippen LogP contribution >= 0.6 is 0 Å². The number of para-hydroxylation sites is 1. The van der Waals surface area contributed by atoms with Gasteiger partial charge in [0.2, 0.25) is 0 Å². The Hall–Kier alpha value is -5.36. The number of nitrogens with zero attached hydrogens (tertiary/aromatic N) is 3. The van der Waals surface area contributed by atoms with E-state index in [0.29, 0.717) is 29.1 Å².